The minimum atomic E-state index is 0. The first kappa shape index (κ1) is 12.3. The van der Waals surface area contributed by atoms with Gasteiger partial charge in [0.15, 0.2) is 0 Å². The smallest absolute Gasteiger partial charge is 0.358 e. The normalized spacial score (nSPS) is 6.78. The zero-order valence-corrected chi connectivity index (χ0v) is 9.12. The summed E-state index contributed by atoms with van der Waals surface area (Å²) in [7, 11) is 0. The summed E-state index contributed by atoms with van der Waals surface area (Å²) in [6, 6.07) is 0. The maximum absolute atomic E-state index is 3.81. The van der Waals surface area contributed by atoms with E-state index in [0.717, 1.165) is 5.69 Å². The van der Waals surface area contributed by atoms with E-state index in [0.29, 0.717) is 0 Å². The predicted octanol–water partition coefficient (Wildman–Crippen LogP) is -2.37. The van der Waals surface area contributed by atoms with E-state index in [1.165, 1.54) is 6.33 Å². The molecule has 0 saturated heterocycles. The van der Waals surface area contributed by atoms with Crippen molar-refractivity contribution in [2.24, 2.45) is 0 Å². The van der Waals surface area contributed by atoms with Gasteiger partial charge in [0.25, 0.3) is 0 Å². The third-order valence-electron chi connectivity index (χ3n) is 0.624. The Balaban J connectivity index is 0. The molecule has 0 bridgehead atoms. The molecule has 1 heterocycles. The van der Waals surface area contributed by atoms with Gasteiger partial charge in [-0.1, -0.05) is 0 Å². The molecule has 1 aromatic heterocycles. The molecule has 44 valence electrons. The van der Waals surface area contributed by atoms with Gasteiger partial charge >= 0.3 is 51.4 Å². The number of rotatable bonds is 0. The van der Waals surface area contributed by atoms with Crippen LogP contribution in [0.15, 0.2) is 12.5 Å². The first-order valence-corrected chi connectivity index (χ1v) is 1.99. The molecule has 0 aliphatic carbocycles. The third kappa shape index (κ3) is 5.11. The van der Waals surface area contributed by atoms with Gasteiger partial charge in [-0.05, 0) is 6.92 Å². The van der Waals surface area contributed by atoms with E-state index in [4.69, 9.17) is 0 Å². The summed E-state index contributed by atoms with van der Waals surface area (Å²) in [4.78, 5) is 3.81. The Kier molecular flexibility index (Phi) is 9.27. The van der Waals surface area contributed by atoms with Gasteiger partial charge in [0.05, 0.1) is 11.9 Å². The minimum Gasteiger partial charge on any atom is -0.358 e. The molecule has 0 aromatic carbocycles. The Labute approximate surface area is 97.7 Å². The van der Waals surface area contributed by atoms with Gasteiger partial charge in [-0.3, -0.25) is 0 Å². The van der Waals surface area contributed by atoms with Crippen LogP contribution in [0.25, 0.3) is 0 Å². The second kappa shape index (κ2) is 6.76. The summed E-state index contributed by atoms with van der Waals surface area (Å²) < 4.78 is 0. The van der Waals surface area contributed by atoms with E-state index in [9.17, 15) is 0 Å². The molecular weight excluding hydrogens is 141 g/mol. The molecule has 0 fully saturated rings. The summed E-state index contributed by atoms with van der Waals surface area (Å²) >= 11 is 0. The topological polar surface area (TPSA) is 38.7 Å². The molecule has 0 N–H and O–H groups in total. The van der Waals surface area contributed by atoms with Crippen molar-refractivity contribution in [3.05, 3.63) is 25.6 Å². The molecule has 0 aliphatic heterocycles. The predicted molar refractivity (Wildman–Crippen MR) is 31.0 cm³/mol. The summed E-state index contributed by atoms with van der Waals surface area (Å²) in [5.41, 5.74) is 0.898. The number of hydrogen-bond donors (Lipinski definition) is 0. The van der Waals surface area contributed by atoms with Crippen LogP contribution < -0.4 is 51.4 Å². The summed E-state index contributed by atoms with van der Waals surface area (Å²) in [6.45, 7) is 1.87. The van der Waals surface area contributed by atoms with Crippen molar-refractivity contribution in [1.82, 2.24) is 15.2 Å². The number of aromatic nitrogens is 3. The first-order valence-electron chi connectivity index (χ1n) is 1.99. The van der Waals surface area contributed by atoms with Crippen LogP contribution in [0, 0.1) is 14.4 Å². The van der Waals surface area contributed by atoms with Crippen molar-refractivity contribution in [2.75, 3.05) is 0 Å². The van der Waals surface area contributed by atoms with Gasteiger partial charge in [-0.2, -0.15) is 5.10 Å². The Morgan fingerprint density at radius 1 is 1.33 bits per heavy atom. The molecule has 0 radical (unpaired) electrons. The quantitative estimate of drug-likeness (QED) is 0.306. The van der Waals surface area contributed by atoms with E-state index >= 15 is 0 Å². The Hall–Kier alpha value is 0.646. The van der Waals surface area contributed by atoms with Gasteiger partial charge < -0.3 is 7.43 Å². The van der Waals surface area contributed by atoms with Crippen LogP contribution in [0.4, 0.5) is 0 Å². The fraction of sp³-hybridized carbons (Fsp3) is 0.200. The van der Waals surface area contributed by atoms with Crippen LogP contribution in [0.2, 0.25) is 0 Å². The van der Waals surface area contributed by atoms with E-state index in [1.807, 2.05) is 6.92 Å². The molecule has 0 atom stereocenters. The molecule has 0 amide bonds. The molecule has 4 heteroatoms. The Bertz CT molecular complexity index is 142. The number of hydrogen-bond acceptors (Lipinski definition) is 3. The van der Waals surface area contributed by atoms with E-state index in [1.54, 1.807) is 6.20 Å². The van der Waals surface area contributed by atoms with Gasteiger partial charge in [-0.25, -0.2) is 4.98 Å². The molecule has 0 spiro atoms. The van der Waals surface area contributed by atoms with Crippen LogP contribution in [0.1, 0.15) is 5.69 Å². The largest absolute Gasteiger partial charge is 1.00 e. The van der Waals surface area contributed by atoms with Crippen molar-refractivity contribution in [2.45, 2.75) is 6.92 Å². The maximum atomic E-state index is 3.81. The van der Waals surface area contributed by atoms with Crippen LogP contribution >= 0.6 is 0 Å². The van der Waals surface area contributed by atoms with Crippen LogP contribution in [-0.2, 0) is 0 Å². The summed E-state index contributed by atoms with van der Waals surface area (Å²) in [5.74, 6) is 0. The summed E-state index contributed by atoms with van der Waals surface area (Å²) in [5, 5.41) is 7.06. The van der Waals surface area contributed by atoms with E-state index in [2.05, 4.69) is 15.2 Å². The van der Waals surface area contributed by atoms with Gasteiger partial charge in [0.2, 0.25) is 0 Å². The number of aryl methyl sites for hydroxylation is 1. The molecule has 1 aromatic rings. The van der Waals surface area contributed by atoms with Crippen molar-refractivity contribution >= 4 is 0 Å². The van der Waals surface area contributed by atoms with E-state index < -0.39 is 0 Å². The second-order valence-corrected chi connectivity index (χ2v) is 1.25. The van der Waals surface area contributed by atoms with Crippen molar-refractivity contribution < 1.29 is 51.4 Å². The van der Waals surface area contributed by atoms with Crippen molar-refractivity contribution in [3.8, 4) is 0 Å². The molecule has 9 heavy (non-hydrogen) atoms. The van der Waals surface area contributed by atoms with Crippen LogP contribution in [0.5, 0.6) is 0 Å². The first-order chi connectivity index (χ1) is 3.39. The maximum Gasteiger partial charge on any atom is 1.00 e. The standard InChI is InChI=1S/C4H5N3.CH3.K/c1-4-2-6-7-3-5-4;;/h2-3H,1H3;1H3;/q;-1;+1. The van der Waals surface area contributed by atoms with Gasteiger partial charge in [0.1, 0.15) is 6.33 Å². The van der Waals surface area contributed by atoms with Crippen LogP contribution in [0.3, 0.4) is 0 Å². The fourth-order valence-electron chi connectivity index (χ4n) is 0.297. The zero-order chi connectivity index (χ0) is 5.11. The third-order valence-corrected chi connectivity index (χ3v) is 0.624. The van der Waals surface area contributed by atoms with Gasteiger partial charge in [0, 0.05) is 0 Å². The monoisotopic (exact) mass is 149 g/mol. The molecule has 1 rings (SSSR count). The molecule has 0 aliphatic rings. The SMILES string of the molecule is Cc1cnncn1.[CH3-].[K+]. The molecular formula is C5H8KN3. The average Bonchev–Trinajstić information content (AvgIpc) is 1.69. The Morgan fingerprint density at radius 3 is 2.22 bits per heavy atom. The van der Waals surface area contributed by atoms with Crippen molar-refractivity contribution in [3.63, 3.8) is 0 Å². The van der Waals surface area contributed by atoms with Gasteiger partial charge in [-0.15, -0.1) is 5.10 Å². The fourth-order valence-corrected chi connectivity index (χ4v) is 0.297. The summed E-state index contributed by atoms with van der Waals surface area (Å²) in [6.07, 6.45) is 3.04. The van der Waals surface area contributed by atoms with Crippen molar-refractivity contribution in [1.29, 1.82) is 0 Å². The molecule has 0 saturated carbocycles. The minimum absolute atomic E-state index is 0. The number of nitrogens with zero attached hydrogens (tertiary/aromatic N) is 3. The average molecular weight is 149 g/mol. The second-order valence-electron chi connectivity index (χ2n) is 1.25. The van der Waals surface area contributed by atoms with Crippen LogP contribution in [-0.4, -0.2) is 15.2 Å². The van der Waals surface area contributed by atoms with E-state index in [-0.39, 0.29) is 58.8 Å². The zero-order valence-electron chi connectivity index (χ0n) is 6.00. The molecule has 3 nitrogen and oxygen atoms in total. The Morgan fingerprint density at radius 2 is 2.00 bits per heavy atom. The molecule has 0 unspecified atom stereocenters.